The molecule has 102 valence electrons. The second-order valence-corrected chi connectivity index (χ2v) is 4.95. The summed E-state index contributed by atoms with van der Waals surface area (Å²) in [7, 11) is 0. The van der Waals surface area contributed by atoms with Crippen LogP contribution >= 0.6 is 0 Å². The third-order valence-corrected chi connectivity index (χ3v) is 3.69. The van der Waals surface area contributed by atoms with Crippen molar-refractivity contribution in [3.05, 3.63) is 35.9 Å². The van der Waals surface area contributed by atoms with Gasteiger partial charge in [-0.05, 0) is 25.0 Å². The Hall–Kier alpha value is -2.04. The van der Waals surface area contributed by atoms with E-state index in [1.54, 1.807) is 12.1 Å². The number of hydrogen-bond acceptors (Lipinski definition) is 3. The lowest BCUT2D eigenvalue weighted by Gasteiger charge is -2.36. The van der Waals surface area contributed by atoms with E-state index in [1.807, 2.05) is 18.2 Å². The van der Waals surface area contributed by atoms with Crippen LogP contribution in [0.15, 0.2) is 35.5 Å². The Balaban J connectivity index is 2.19. The molecule has 19 heavy (non-hydrogen) atoms. The maximum atomic E-state index is 12.2. The van der Waals surface area contributed by atoms with Crippen LogP contribution in [0.1, 0.15) is 42.5 Å². The van der Waals surface area contributed by atoms with Gasteiger partial charge in [0.1, 0.15) is 5.54 Å². The predicted octanol–water partition coefficient (Wildman–Crippen LogP) is 1.87. The average molecular weight is 261 g/mol. The van der Waals surface area contributed by atoms with E-state index in [-0.39, 0.29) is 11.7 Å². The first kappa shape index (κ1) is 13.4. The third-order valence-electron chi connectivity index (χ3n) is 3.69. The largest absolute Gasteiger partial charge is 0.409 e. The van der Waals surface area contributed by atoms with Crippen LogP contribution in [0.25, 0.3) is 0 Å². The number of nitrogens with one attached hydrogen (secondary N) is 1. The minimum atomic E-state index is -0.708. The number of hydrogen-bond donors (Lipinski definition) is 3. The molecular weight excluding hydrogens is 242 g/mol. The van der Waals surface area contributed by atoms with E-state index >= 15 is 0 Å². The Morgan fingerprint density at radius 2 is 1.84 bits per heavy atom. The topological polar surface area (TPSA) is 87.7 Å². The molecule has 1 amide bonds. The highest BCUT2D eigenvalue weighted by atomic mass is 16.4. The van der Waals surface area contributed by atoms with Gasteiger partial charge in [0.05, 0.1) is 0 Å². The Labute approximate surface area is 112 Å². The van der Waals surface area contributed by atoms with Crippen molar-refractivity contribution in [1.29, 1.82) is 0 Å². The molecule has 0 atom stereocenters. The van der Waals surface area contributed by atoms with Gasteiger partial charge in [0, 0.05) is 5.56 Å². The van der Waals surface area contributed by atoms with Crippen LogP contribution in [0.2, 0.25) is 0 Å². The molecule has 0 aromatic heterocycles. The highest BCUT2D eigenvalue weighted by molar-refractivity contribution is 6.00. The highest BCUT2D eigenvalue weighted by Crippen LogP contribution is 2.28. The minimum Gasteiger partial charge on any atom is -0.409 e. The van der Waals surface area contributed by atoms with Gasteiger partial charge in [-0.2, -0.15) is 0 Å². The summed E-state index contributed by atoms with van der Waals surface area (Å²) >= 11 is 0. The molecule has 0 saturated heterocycles. The molecule has 4 N–H and O–H groups in total. The summed E-state index contributed by atoms with van der Waals surface area (Å²) < 4.78 is 0. The van der Waals surface area contributed by atoms with Crippen LogP contribution in [0.3, 0.4) is 0 Å². The summed E-state index contributed by atoms with van der Waals surface area (Å²) in [5.41, 5.74) is 5.67. The molecule has 5 heteroatoms. The molecule has 1 saturated carbocycles. The molecule has 0 radical (unpaired) electrons. The van der Waals surface area contributed by atoms with Crippen molar-refractivity contribution in [1.82, 2.24) is 5.32 Å². The molecule has 1 aromatic rings. The van der Waals surface area contributed by atoms with E-state index in [9.17, 15) is 4.79 Å². The SMILES string of the molecule is N/C(=N/O)C1(NC(=O)c2ccccc2)CCCCC1. The van der Waals surface area contributed by atoms with Gasteiger partial charge in [0.2, 0.25) is 0 Å². The number of rotatable bonds is 3. The molecular formula is C14H19N3O2. The number of nitrogens with zero attached hydrogens (tertiary/aromatic N) is 1. The summed E-state index contributed by atoms with van der Waals surface area (Å²) in [6.07, 6.45) is 4.46. The fourth-order valence-electron chi connectivity index (χ4n) is 2.58. The number of amides is 1. The van der Waals surface area contributed by atoms with Gasteiger partial charge in [-0.1, -0.05) is 42.6 Å². The molecule has 1 aliphatic carbocycles. The van der Waals surface area contributed by atoms with Crippen molar-refractivity contribution < 1.29 is 10.0 Å². The molecule has 0 unspecified atom stereocenters. The van der Waals surface area contributed by atoms with Crippen LogP contribution in [-0.2, 0) is 0 Å². The molecule has 1 aliphatic rings. The first-order valence-electron chi connectivity index (χ1n) is 6.53. The quantitative estimate of drug-likeness (QED) is 0.336. The summed E-state index contributed by atoms with van der Waals surface area (Å²) in [5.74, 6) is -0.0921. The maximum absolute atomic E-state index is 12.2. The normalized spacial score (nSPS) is 18.8. The number of nitrogens with two attached hydrogens (primary N) is 1. The smallest absolute Gasteiger partial charge is 0.252 e. The molecule has 0 heterocycles. The van der Waals surface area contributed by atoms with Crippen molar-refractivity contribution in [2.24, 2.45) is 10.9 Å². The summed E-state index contributed by atoms with van der Waals surface area (Å²) in [6.45, 7) is 0. The molecule has 5 nitrogen and oxygen atoms in total. The molecule has 0 bridgehead atoms. The lowest BCUT2D eigenvalue weighted by Crippen LogP contribution is -2.58. The molecule has 1 aromatic carbocycles. The summed E-state index contributed by atoms with van der Waals surface area (Å²) in [4.78, 5) is 12.2. The van der Waals surface area contributed by atoms with Crippen LogP contribution < -0.4 is 11.1 Å². The van der Waals surface area contributed by atoms with Crippen molar-refractivity contribution in [3.63, 3.8) is 0 Å². The monoisotopic (exact) mass is 261 g/mol. The van der Waals surface area contributed by atoms with Crippen LogP contribution in [-0.4, -0.2) is 22.5 Å². The Bertz CT molecular complexity index is 465. The fourth-order valence-corrected chi connectivity index (χ4v) is 2.58. The van der Waals surface area contributed by atoms with Crippen molar-refractivity contribution >= 4 is 11.7 Å². The molecule has 1 fully saturated rings. The number of oxime groups is 1. The highest BCUT2D eigenvalue weighted by Gasteiger charge is 2.38. The van der Waals surface area contributed by atoms with Gasteiger partial charge in [-0.15, -0.1) is 0 Å². The second-order valence-electron chi connectivity index (χ2n) is 4.95. The van der Waals surface area contributed by atoms with E-state index in [4.69, 9.17) is 10.9 Å². The Morgan fingerprint density at radius 1 is 1.21 bits per heavy atom. The Kier molecular flexibility index (Phi) is 4.04. The third kappa shape index (κ3) is 2.86. The van der Waals surface area contributed by atoms with Crippen LogP contribution in [0.5, 0.6) is 0 Å². The lowest BCUT2D eigenvalue weighted by molar-refractivity contribution is 0.0905. The second kappa shape index (κ2) is 5.73. The number of carbonyl (C=O) groups is 1. The number of carbonyl (C=O) groups excluding carboxylic acids is 1. The average Bonchev–Trinajstić information content (AvgIpc) is 2.48. The van der Waals surface area contributed by atoms with Crippen LogP contribution in [0, 0.1) is 0 Å². The lowest BCUT2D eigenvalue weighted by atomic mass is 9.80. The molecule has 2 rings (SSSR count). The van der Waals surface area contributed by atoms with E-state index in [2.05, 4.69) is 10.5 Å². The number of benzene rings is 1. The summed E-state index contributed by atoms with van der Waals surface area (Å²) in [5, 5.41) is 15.0. The van der Waals surface area contributed by atoms with Crippen LogP contribution in [0.4, 0.5) is 0 Å². The fraction of sp³-hybridized carbons (Fsp3) is 0.429. The van der Waals surface area contributed by atoms with Crippen molar-refractivity contribution in [3.8, 4) is 0 Å². The van der Waals surface area contributed by atoms with Gasteiger partial charge < -0.3 is 16.3 Å². The van der Waals surface area contributed by atoms with Gasteiger partial charge in [0.15, 0.2) is 5.84 Å². The van der Waals surface area contributed by atoms with E-state index in [0.717, 1.165) is 19.3 Å². The summed E-state index contributed by atoms with van der Waals surface area (Å²) in [6, 6.07) is 8.98. The first-order chi connectivity index (χ1) is 9.18. The van der Waals surface area contributed by atoms with E-state index in [0.29, 0.717) is 18.4 Å². The van der Waals surface area contributed by atoms with E-state index in [1.165, 1.54) is 0 Å². The maximum Gasteiger partial charge on any atom is 0.252 e. The molecule has 0 spiro atoms. The van der Waals surface area contributed by atoms with Crippen molar-refractivity contribution in [2.75, 3.05) is 0 Å². The van der Waals surface area contributed by atoms with Gasteiger partial charge in [-0.3, -0.25) is 4.79 Å². The Morgan fingerprint density at radius 3 is 2.42 bits per heavy atom. The van der Waals surface area contributed by atoms with Gasteiger partial charge >= 0.3 is 0 Å². The first-order valence-corrected chi connectivity index (χ1v) is 6.53. The minimum absolute atomic E-state index is 0.0940. The predicted molar refractivity (Wildman–Crippen MR) is 73.1 cm³/mol. The molecule has 0 aliphatic heterocycles. The zero-order valence-electron chi connectivity index (χ0n) is 10.8. The standard InChI is InChI=1S/C14H19N3O2/c15-13(17-19)14(9-5-2-6-10-14)16-12(18)11-7-3-1-4-8-11/h1,3-4,7-8,19H,2,5-6,9-10H2,(H2,15,17)(H,16,18). The number of amidine groups is 1. The zero-order valence-corrected chi connectivity index (χ0v) is 10.8. The zero-order chi connectivity index (χ0) is 13.7. The van der Waals surface area contributed by atoms with Crippen molar-refractivity contribution in [2.45, 2.75) is 37.6 Å². The van der Waals surface area contributed by atoms with E-state index < -0.39 is 5.54 Å². The van der Waals surface area contributed by atoms with Gasteiger partial charge in [-0.25, -0.2) is 0 Å². The van der Waals surface area contributed by atoms with Gasteiger partial charge in [0.25, 0.3) is 5.91 Å².